The summed E-state index contributed by atoms with van der Waals surface area (Å²) in [6.45, 7) is 4.84. The summed E-state index contributed by atoms with van der Waals surface area (Å²) in [7, 11) is -2.92. The van der Waals surface area contributed by atoms with Crippen LogP contribution in [0.2, 0.25) is 0 Å². The van der Waals surface area contributed by atoms with Gasteiger partial charge in [0, 0.05) is 0 Å². The molecule has 4 aliphatic carbocycles. The topological polar surface area (TPSA) is 35.5 Å². The lowest BCUT2D eigenvalue weighted by atomic mass is 9.56. The van der Waals surface area contributed by atoms with Gasteiger partial charge in [-0.25, -0.2) is 0 Å². The predicted octanol–water partition coefficient (Wildman–Crippen LogP) is 4.22. The first kappa shape index (κ1) is 13.1. The molecule has 0 amide bonds. The van der Waals surface area contributed by atoms with Gasteiger partial charge in [0.25, 0.3) is 0 Å². The molecule has 4 bridgehead atoms. The van der Waals surface area contributed by atoms with Crippen molar-refractivity contribution < 1.29 is 13.6 Å². The van der Waals surface area contributed by atoms with Gasteiger partial charge in [-0.05, 0) is 70.1 Å². The smallest absolute Gasteiger partial charge is 0.308 e. The maximum atomic E-state index is 13.2. The molecule has 0 unspecified atom stereocenters. The molecule has 18 heavy (non-hydrogen) atoms. The Bertz CT molecular complexity index is 321. The Morgan fingerprint density at radius 2 is 1.33 bits per heavy atom. The minimum atomic E-state index is -2.92. The maximum absolute atomic E-state index is 13.2. The first-order valence-electron chi connectivity index (χ1n) is 7.50. The van der Waals surface area contributed by atoms with Crippen molar-refractivity contribution in [2.45, 2.75) is 57.5 Å². The van der Waals surface area contributed by atoms with Gasteiger partial charge in [-0.15, -0.1) is 0 Å². The van der Waals surface area contributed by atoms with E-state index in [1.165, 1.54) is 19.3 Å². The molecule has 3 nitrogen and oxygen atoms in total. The molecule has 104 valence electrons. The third-order valence-electron chi connectivity index (χ3n) is 5.18. The summed E-state index contributed by atoms with van der Waals surface area (Å²) in [5, 5.41) is -0.131. The molecule has 0 radical (unpaired) electrons. The Morgan fingerprint density at radius 3 is 1.67 bits per heavy atom. The van der Waals surface area contributed by atoms with Crippen LogP contribution in [0.1, 0.15) is 52.4 Å². The third-order valence-corrected chi connectivity index (χ3v) is 8.09. The van der Waals surface area contributed by atoms with E-state index in [1.54, 1.807) is 0 Å². The summed E-state index contributed by atoms with van der Waals surface area (Å²) in [4.78, 5) is 0. The van der Waals surface area contributed by atoms with Crippen LogP contribution in [-0.2, 0) is 13.6 Å². The Balaban J connectivity index is 1.91. The van der Waals surface area contributed by atoms with Gasteiger partial charge in [0.2, 0.25) is 0 Å². The van der Waals surface area contributed by atoms with Crippen molar-refractivity contribution in [3.63, 3.8) is 0 Å². The van der Waals surface area contributed by atoms with Crippen LogP contribution >= 0.6 is 7.60 Å². The van der Waals surface area contributed by atoms with Crippen LogP contribution in [-0.4, -0.2) is 18.4 Å². The standard InChI is InChI=1S/C14H25O3P/c1-3-16-18(15,17-4-2)14-8-11-5-12(9-14)7-13(6-11)10-14/h11-13H,3-10H2,1-2H3. The Hall–Kier alpha value is 0.150. The number of rotatable bonds is 5. The fourth-order valence-corrected chi connectivity index (χ4v) is 7.80. The minimum absolute atomic E-state index is 0.131. The molecule has 4 aliphatic rings. The highest BCUT2D eigenvalue weighted by atomic mass is 31.2. The van der Waals surface area contributed by atoms with E-state index in [9.17, 15) is 4.57 Å². The van der Waals surface area contributed by atoms with E-state index >= 15 is 0 Å². The molecule has 4 fully saturated rings. The van der Waals surface area contributed by atoms with Gasteiger partial charge >= 0.3 is 7.60 Å². The third kappa shape index (κ3) is 1.90. The lowest BCUT2D eigenvalue weighted by Gasteiger charge is -2.57. The van der Waals surface area contributed by atoms with Gasteiger partial charge in [0.1, 0.15) is 0 Å². The average molecular weight is 272 g/mol. The molecule has 0 aromatic carbocycles. The molecular formula is C14H25O3P. The van der Waals surface area contributed by atoms with E-state index in [4.69, 9.17) is 9.05 Å². The second-order valence-electron chi connectivity index (χ2n) is 6.47. The minimum Gasteiger partial charge on any atom is -0.308 e. The molecule has 4 heteroatoms. The van der Waals surface area contributed by atoms with Crippen molar-refractivity contribution in [1.29, 1.82) is 0 Å². The Morgan fingerprint density at radius 1 is 0.944 bits per heavy atom. The number of hydrogen-bond acceptors (Lipinski definition) is 3. The molecule has 0 aromatic rings. The SMILES string of the molecule is CCOP(=O)(OCC)C12CC3CC(CC(C3)C1)C2. The molecule has 0 heterocycles. The van der Waals surface area contributed by atoms with E-state index in [0.717, 1.165) is 37.0 Å². The van der Waals surface area contributed by atoms with E-state index in [-0.39, 0.29) is 5.16 Å². The quantitative estimate of drug-likeness (QED) is 0.703. The molecule has 0 spiro atoms. The van der Waals surface area contributed by atoms with Gasteiger partial charge in [-0.3, -0.25) is 4.57 Å². The van der Waals surface area contributed by atoms with Crippen molar-refractivity contribution in [2.75, 3.05) is 13.2 Å². The maximum Gasteiger partial charge on any atom is 0.336 e. The molecule has 0 N–H and O–H groups in total. The summed E-state index contributed by atoms with van der Waals surface area (Å²) in [6, 6.07) is 0. The highest BCUT2D eigenvalue weighted by molar-refractivity contribution is 7.55. The van der Waals surface area contributed by atoms with Crippen LogP contribution in [0.3, 0.4) is 0 Å². The first-order chi connectivity index (χ1) is 8.61. The zero-order valence-electron chi connectivity index (χ0n) is 11.6. The van der Waals surface area contributed by atoms with Crippen molar-refractivity contribution in [3.05, 3.63) is 0 Å². The molecular weight excluding hydrogens is 247 g/mol. The summed E-state index contributed by atoms with van der Waals surface area (Å²) in [5.41, 5.74) is 0. The van der Waals surface area contributed by atoms with Gasteiger partial charge in [0.05, 0.1) is 18.4 Å². The molecule has 4 rings (SSSR count). The molecule has 0 aliphatic heterocycles. The van der Waals surface area contributed by atoms with Crippen LogP contribution in [0, 0.1) is 17.8 Å². The summed E-state index contributed by atoms with van der Waals surface area (Å²) >= 11 is 0. The van der Waals surface area contributed by atoms with Crippen molar-refractivity contribution in [2.24, 2.45) is 17.8 Å². The predicted molar refractivity (Wildman–Crippen MR) is 71.8 cm³/mol. The second kappa shape index (κ2) is 4.61. The zero-order valence-corrected chi connectivity index (χ0v) is 12.5. The van der Waals surface area contributed by atoms with Crippen LogP contribution in [0.4, 0.5) is 0 Å². The second-order valence-corrected chi connectivity index (χ2v) is 8.93. The Labute approximate surface area is 110 Å². The summed E-state index contributed by atoms with van der Waals surface area (Å²) in [5.74, 6) is 2.35. The average Bonchev–Trinajstić information content (AvgIpc) is 2.27. The summed E-state index contributed by atoms with van der Waals surface area (Å²) in [6.07, 6.45) is 7.31. The van der Waals surface area contributed by atoms with Gasteiger partial charge < -0.3 is 9.05 Å². The lowest BCUT2D eigenvalue weighted by molar-refractivity contribution is 0.0159. The van der Waals surface area contributed by atoms with Gasteiger partial charge in [0.15, 0.2) is 0 Å². The molecule has 0 aromatic heterocycles. The van der Waals surface area contributed by atoms with Crippen molar-refractivity contribution >= 4 is 7.60 Å². The summed E-state index contributed by atoms with van der Waals surface area (Å²) < 4.78 is 24.6. The molecule has 0 saturated heterocycles. The van der Waals surface area contributed by atoms with Gasteiger partial charge in [-0.2, -0.15) is 0 Å². The van der Waals surface area contributed by atoms with Gasteiger partial charge in [-0.1, -0.05) is 0 Å². The fraction of sp³-hybridized carbons (Fsp3) is 1.00. The van der Waals surface area contributed by atoms with E-state index < -0.39 is 7.60 Å². The normalized spacial score (nSPS) is 42.4. The van der Waals surface area contributed by atoms with Crippen LogP contribution in [0.5, 0.6) is 0 Å². The zero-order chi connectivity index (χ0) is 12.8. The van der Waals surface area contributed by atoms with Crippen LogP contribution < -0.4 is 0 Å². The Kier molecular flexibility index (Phi) is 3.37. The first-order valence-corrected chi connectivity index (χ1v) is 9.04. The van der Waals surface area contributed by atoms with E-state index in [2.05, 4.69) is 0 Å². The van der Waals surface area contributed by atoms with Crippen molar-refractivity contribution in [1.82, 2.24) is 0 Å². The van der Waals surface area contributed by atoms with E-state index in [0.29, 0.717) is 13.2 Å². The lowest BCUT2D eigenvalue weighted by Crippen LogP contribution is -2.50. The highest BCUT2D eigenvalue weighted by Crippen LogP contribution is 2.73. The van der Waals surface area contributed by atoms with Crippen molar-refractivity contribution in [3.8, 4) is 0 Å². The van der Waals surface area contributed by atoms with Crippen LogP contribution in [0.25, 0.3) is 0 Å². The van der Waals surface area contributed by atoms with E-state index in [1.807, 2.05) is 13.8 Å². The molecule has 4 saturated carbocycles. The monoisotopic (exact) mass is 272 g/mol. The largest absolute Gasteiger partial charge is 0.336 e. The fourth-order valence-electron chi connectivity index (χ4n) is 5.05. The molecule has 0 atom stereocenters. The number of hydrogen-bond donors (Lipinski definition) is 0. The van der Waals surface area contributed by atoms with Crippen LogP contribution in [0.15, 0.2) is 0 Å². The highest BCUT2D eigenvalue weighted by Gasteiger charge is 2.60.